The van der Waals surface area contributed by atoms with Crippen molar-refractivity contribution in [3.8, 4) is 0 Å². The summed E-state index contributed by atoms with van der Waals surface area (Å²) < 4.78 is 0. The minimum absolute atomic E-state index is 0.169. The molecule has 0 aromatic carbocycles. The molecule has 0 aromatic rings. The molecule has 128 valence electrons. The Morgan fingerprint density at radius 3 is 2.09 bits per heavy atom. The Labute approximate surface area is 131 Å². The van der Waals surface area contributed by atoms with Crippen LogP contribution in [0.1, 0.15) is 33.6 Å². The van der Waals surface area contributed by atoms with Crippen LogP contribution in [0.4, 0.5) is 0 Å². The van der Waals surface area contributed by atoms with Crippen LogP contribution < -0.4 is 21.7 Å². The molecule has 0 saturated carbocycles. The first-order valence-corrected chi connectivity index (χ1v) is 7.45. The zero-order chi connectivity index (χ0) is 17.3. The van der Waals surface area contributed by atoms with Gasteiger partial charge in [0.15, 0.2) is 0 Å². The first kappa shape index (κ1) is 20.3. The maximum atomic E-state index is 12.3. The summed E-state index contributed by atoms with van der Waals surface area (Å²) in [7, 11) is 1.64. The Kier molecular flexibility index (Phi) is 9.35. The summed E-state index contributed by atoms with van der Waals surface area (Å²) >= 11 is 0. The van der Waals surface area contributed by atoms with Gasteiger partial charge in [0.1, 0.15) is 12.1 Å². The number of amides is 2. The Balaban J connectivity index is 4.83. The predicted molar refractivity (Wildman–Crippen MR) is 83.1 cm³/mol. The number of carbonyl (C=O) groups is 3. The van der Waals surface area contributed by atoms with E-state index in [1.807, 2.05) is 0 Å². The third-order valence-electron chi connectivity index (χ3n) is 3.38. The van der Waals surface area contributed by atoms with E-state index in [9.17, 15) is 14.4 Å². The molecule has 0 saturated heterocycles. The topological polar surface area (TPSA) is 134 Å². The average Bonchev–Trinajstić information content (AvgIpc) is 2.46. The second kappa shape index (κ2) is 10.1. The van der Waals surface area contributed by atoms with Gasteiger partial charge in [-0.05, 0) is 39.3 Å². The molecule has 0 rings (SSSR count). The molecule has 2 amide bonds. The van der Waals surface area contributed by atoms with E-state index in [0.29, 0.717) is 13.0 Å². The molecule has 6 N–H and O–H groups in total. The summed E-state index contributed by atoms with van der Waals surface area (Å²) in [6, 6.07) is -2.24. The Morgan fingerprint density at radius 1 is 1.09 bits per heavy atom. The fourth-order valence-electron chi connectivity index (χ4n) is 1.79. The number of likely N-dealkylation sites (N-methyl/N-ethyl adjacent to an activating group) is 1. The van der Waals surface area contributed by atoms with Crippen LogP contribution in [-0.4, -0.2) is 54.6 Å². The van der Waals surface area contributed by atoms with Crippen molar-refractivity contribution in [1.29, 1.82) is 0 Å². The van der Waals surface area contributed by atoms with Gasteiger partial charge in [-0.15, -0.1) is 0 Å². The van der Waals surface area contributed by atoms with Crippen molar-refractivity contribution < 1.29 is 19.5 Å². The van der Waals surface area contributed by atoms with Crippen LogP contribution in [0.3, 0.4) is 0 Å². The summed E-state index contributed by atoms with van der Waals surface area (Å²) in [6.07, 6.45) is 0.746. The van der Waals surface area contributed by atoms with Crippen LogP contribution in [-0.2, 0) is 14.4 Å². The highest BCUT2D eigenvalue weighted by molar-refractivity contribution is 5.91. The Bertz CT molecular complexity index is 387. The molecule has 8 heteroatoms. The van der Waals surface area contributed by atoms with Gasteiger partial charge in [0.2, 0.25) is 11.8 Å². The van der Waals surface area contributed by atoms with Crippen molar-refractivity contribution in [1.82, 2.24) is 16.0 Å². The molecule has 0 radical (unpaired) electrons. The van der Waals surface area contributed by atoms with Crippen LogP contribution in [0, 0.1) is 5.92 Å². The van der Waals surface area contributed by atoms with E-state index in [4.69, 9.17) is 10.8 Å². The SMILES string of the molecule is CNC(C)C(=O)NC(C(=O)NC(CCCN)C(=O)O)C(C)C. The molecule has 0 aliphatic rings. The lowest BCUT2D eigenvalue weighted by molar-refractivity contribution is -0.142. The molecular weight excluding hydrogens is 288 g/mol. The number of rotatable bonds is 10. The molecule has 0 bridgehead atoms. The third kappa shape index (κ3) is 6.86. The summed E-state index contributed by atoms with van der Waals surface area (Å²) in [5.74, 6) is -2.10. The lowest BCUT2D eigenvalue weighted by Gasteiger charge is -2.25. The lowest BCUT2D eigenvalue weighted by Crippen LogP contribution is -2.56. The zero-order valence-corrected chi connectivity index (χ0v) is 13.7. The average molecular weight is 316 g/mol. The molecule has 0 aromatic heterocycles. The van der Waals surface area contributed by atoms with Gasteiger partial charge >= 0.3 is 5.97 Å². The molecule has 0 heterocycles. The predicted octanol–water partition coefficient (Wildman–Crippen LogP) is -0.957. The molecule has 0 fully saturated rings. The molecule has 3 unspecified atom stereocenters. The van der Waals surface area contributed by atoms with E-state index < -0.39 is 30.0 Å². The molecule has 0 aliphatic carbocycles. The number of nitrogens with one attached hydrogen (secondary N) is 3. The van der Waals surface area contributed by atoms with Crippen LogP contribution in [0.25, 0.3) is 0 Å². The van der Waals surface area contributed by atoms with Gasteiger partial charge in [0.25, 0.3) is 0 Å². The molecule has 0 spiro atoms. The second-order valence-corrected chi connectivity index (χ2v) is 5.57. The van der Waals surface area contributed by atoms with Crippen molar-refractivity contribution in [2.24, 2.45) is 11.7 Å². The number of nitrogens with two attached hydrogens (primary N) is 1. The minimum atomic E-state index is -1.11. The second-order valence-electron chi connectivity index (χ2n) is 5.57. The molecule has 0 aliphatic heterocycles. The van der Waals surface area contributed by atoms with Gasteiger partial charge in [0, 0.05) is 0 Å². The minimum Gasteiger partial charge on any atom is -0.480 e. The van der Waals surface area contributed by atoms with E-state index >= 15 is 0 Å². The number of hydrogen-bond donors (Lipinski definition) is 5. The Morgan fingerprint density at radius 2 is 1.68 bits per heavy atom. The monoisotopic (exact) mass is 316 g/mol. The maximum Gasteiger partial charge on any atom is 0.326 e. The highest BCUT2D eigenvalue weighted by atomic mass is 16.4. The zero-order valence-electron chi connectivity index (χ0n) is 13.7. The van der Waals surface area contributed by atoms with Crippen molar-refractivity contribution in [3.63, 3.8) is 0 Å². The van der Waals surface area contributed by atoms with Gasteiger partial charge in [-0.25, -0.2) is 4.79 Å². The van der Waals surface area contributed by atoms with Crippen molar-refractivity contribution in [3.05, 3.63) is 0 Å². The number of aliphatic carboxylic acids is 1. The number of carbonyl (C=O) groups excluding carboxylic acids is 2. The van der Waals surface area contributed by atoms with Crippen LogP contribution in [0.15, 0.2) is 0 Å². The van der Waals surface area contributed by atoms with Crippen molar-refractivity contribution >= 4 is 17.8 Å². The number of carboxylic acids is 1. The highest BCUT2D eigenvalue weighted by Crippen LogP contribution is 2.05. The smallest absolute Gasteiger partial charge is 0.326 e. The summed E-state index contributed by atoms with van der Waals surface area (Å²) in [5, 5.41) is 17.0. The van der Waals surface area contributed by atoms with Crippen LogP contribution >= 0.6 is 0 Å². The first-order chi connectivity index (χ1) is 10.2. The standard InChI is InChI=1S/C14H28N4O4/c1-8(2)11(18-12(19)9(3)16-4)13(20)17-10(14(21)22)6-5-7-15/h8-11,16H,5-7,15H2,1-4H3,(H,17,20)(H,18,19)(H,21,22). The number of carboxylic acid groups (broad SMARTS) is 1. The summed E-state index contributed by atoms with van der Waals surface area (Å²) in [6.45, 7) is 5.59. The summed E-state index contributed by atoms with van der Waals surface area (Å²) in [5.41, 5.74) is 5.36. The fraction of sp³-hybridized carbons (Fsp3) is 0.786. The quantitative estimate of drug-likeness (QED) is 0.352. The molecule has 3 atom stereocenters. The van der Waals surface area contributed by atoms with E-state index in [1.54, 1.807) is 27.8 Å². The van der Waals surface area contributed by atoms with Gasteiger partial charge in [-0.2, -0.15) is 0 Å². The molecular formula is C14H28N4O4. The van der Waals surface area contributed by atoms with Crippen LogP contribution in [0.5, 0.6) is 0 Å². The lowest BCUT2D eigenvalue weighted by atomic mass is 10.0. The summed E-state index contributed by atoms with van der Waals surface area (Å²) in [4.78, 5) is 35.3. The normalized spacial score (nSPS) is 15.0. The Hall–Kier alpha value is -1.67. The van der Waals surface area contributed by atoms with Gasteiger partial charge in [0.05, 0.1) is 6.04 Å². The maximum absolute atomic E-state index is 12.3. The van der Waals surface area contributed by atoms with E-state index in [1.165, 1.54) is 0 Å². The van der Waals surface area contributed by atoms with E-state index in [0.717, 1.165) is 0 Å². The largest absolute Gasteiger partial charge is 0.480 e. The van der Waals surface area contributed by atoms with Gasteiger partial charge < -0.3 is 26.8 Å². The van der Waals surface area contributed by atoms with Gasteiger partial charge in [-0.1, -0.05) is 13.8 Å². The number of hydrogen-bond acceptors (Lipinski definition) is 5. The fourth-order valence-corrected chi connectivity index (χ4v) is 1.79. The highest BCUT2D eigenvalue weighted by Gasteiger charge is 2.29. The van der Waals surface area contributed by atoms with Crippen LogP contribution in [0.2, 0.25) is 0 Å². The molecule has 8 nitrogen and oxygen atoms in total. The first-order valence-electron chi connectivity index (χ1n) is 7.45. The van der Waals surface area contributed by atoms with Crippen molar-refractivity contribution in [2.75, 3.05) is 13.6 Å². The van der Waals surface area contributed by atoms with Gasteiger partial charge in [-0.3, -0.25) is 9.59 Å². The third-order valence-corrected chi connectivity index (χ3v) is 3.38. The van der Waals surface area contributed by atoms with Crippen molar-refractivity contribution in [2.45, 2.75) is 51.7 Å². The van der Waals surface area contributed by atoms with E-state index in [2.05, 4.69) is 16.0 Å². The van der Waals surface area contributed by atoms with E-state index in [-0.39, 0.29) is 18.2 Å². The molecule has 22 heavy (non-hydrogen) atoms.